The number of carbonyl (C=O) groups excluding carboxylic acids is 4. The summed E-state index contributed by atoms with van der Waals surface area (Å²) in [6, 6.07) is 10.7. The van der Waals surface area contributed by atoms with E-state index in [4.69, 9.17) is 28.4 Å². The van der Waals surface area contributed by atoms with Gasteiger partial charge < -0.3 is 28.4 Å². The van der Waals surface area contributed by atoms with Crippen LogP contribution in [0.15, 0.2) is 72.8 Å². The van der Waals surface area contributed by atoms with Gasteiger partial charge in [-0.1, -0.05) is 67.5 Å². The maximum absolute atomic E-state index is 12.8. The van der Waals surface area contributed by atoms with Crippen molar-refractivity contribution in [3.8, 4) is 0 Å². The van der Waals surface area contributed by atoms with Crippen LogP contribution in [-0.2, 0) is 38.0 Å². The second kappa shape index (κ2) is 26.0. The molecule has 14 atom stereocenters. The van der Waals surface area contributed by atoms with Gasteiger partial charge in [-0.05, 0) is 99.6 Å². The van der Waals surface area contributed by atoms with E-state index in [0.29, 0.717) is 25.7 Å². The summed E-state index contributed by atoms with van der Waals surface area (Å²) in [5, 5.41) is 21.7. The zero-order valence-corrected chi connectivity index (χ0v) is 40.4. The van der Waals surface area contributed by atoms with Crippen molar-refractivity contribution in [3.63, 3.8) is 0 Å². The molecule has 0 N–H and O–H groups in total. The first kappa shape index (κ1) is 54.9. The van der Waals surface area contributed by atoms with Gasteiger partial charge in [0, 0.05) is 50.3 Å². The van der Waals surface area contributed by atoms with Gasteiger partial charge in [-0.2, -0.15) is 0 Å². The number of hydrogen-bond donors (Lipinski definition) is 0. The predicted octanol–water partition coefficient (Wildman–Crippen LogP) is 9.92. The molecule has 66 heavy (non-hydrogen) atoms. The molecule has 0 bridgehead atoms. The van der Waals surface area contributed by atoms with E-state index in [1.54, 1.807) is 14.2 Å². The molecule has 0 aliphatic carbocycles. The van der Waals surface area contributed by atoms with Gasteiger partial charge >= 0.3 is 23.9 Å². The third-order valence-electron chi connectivity index (χ3n) is 12.8. The van der Waals surface area contributed by atoms with E-state index in [9.17, 15) is 39.4 Å². The van der Waals surface area contributed by atoms with Gasteiger partial charge in [0.1, 0.15) is 24.4 Å². The van der Waals surface area contributed by atoms with Gasteiger partial charge in [0.25, 0.3) is 11.4 Å². The number of nitro benzene ring substituents is 2. The maximum Gasteiger partial charge on any atom is 0.338 e. The van der Waals surface area contributed by atoms with Gasteiger partial charge in [0.2, 0.25) is 0 Å². The molecule has 364 valence electrons. The first-order valence-electron chi connectivity index (χ1n) is 22.9. The van der Waals surface area contributed by atoms with Crippen LogP contribution in [0.5, 0.6) is 0 Å². The molecule has 0 aromatic heterocycles. The summed E-state index contributed by atoms with van der Waals surface area (Å²) in [6.07, 6.45) is 7.89. The third-order valence-corrected chi connectivity index (χ3v) is 12.8. The Bertz CT molecular complexity index is 1840. The highest BCUT2D eigenvalue weighted by Gasteiger charge is 2.37. The Balaban J connectivity index is 0.000000350. The molecule has 0 unspecified atom stereocenters. The molecule has 0 amide bonds. The number of benzene rings is 2. The van der Waals surface area contributed by atoms with Crippen LogP contribution < -0.4 is 0 Å². The van der Waals surface area contributed by atoms with E-state index in [-0.39, 0.29) is 94.4 Å². The molecule has 0 radical (unpaired) electrons. The zero-order valence-electron chi connectivity index (χ0n) is 40.4. The Morgan fingerprint density at radius 1 is 0.561 bits per heavy atom. The topological polar surface area (TPSA) is 210 Å². The lowest BCUT2D eigenvalue weighted by atomic mass is 9.84. The Hall–Kier alpha value is -5.48. The zero-order chi connectivity index (χ0) is 49.4. The van der Waals surface area contributed by atoms with Crippen molar-refractivity contribution >= 4 is 35.3 Å². The minimum absolute atomic E-state index is 0.0125. The number of esters is 4. The summed E-state index contributed by atoms with van der Waals surface area (Å²) in [7, 11) is 3.18. The number of carbonyl (C=O) groups is 4. The van der Waals surface area contributed by atoms with E-state index in [2.05, 4.69) is 0 Å². The Morgan fingerprint density at radius 3 is 1.15 bits per heavy atom. The highest BCUT2D eigenvalue weighted by atomic mass is 16.6. The summed E-state index contributed by atoms with van der Waals surface area (Å²) < 4.78 is 34.6. The quantitative estimate of drug-likeness (QED) is 0.0714. The molecular formula is C50H70N2O14. The number of cyclic esters (lactones) is 2. The molecule has 2 aromatic carbocycles. The van der Waals surface area contributed by atoms with E-state index in [1.165, 1.54) is 48.5 Å². The first-order valence-corrected chi connectivity index (χ1v) is 22.9. The predicted molar refractivity (Wildman–Crippen MR) is 247 cm³/mol. The number of rotatable bonds is 10. The van der Waals surface area contributed by atoms with E-state index in [0.717, 1.165) is 0 Å². The minimum atomic E-state index is -0.547. The summed E-state index contributed by atoms with van der Waals surface area (Å²) in [5.41, 5.74) is 0.316. The minimum Gasteiger partial charge on any atom is -0.461 e. The van der Waals surface area contributed by atoms with Crippen molar-refractivity contribution in [1.29, 1.82) is 0 Å². The van der Waals surface area contributed by atoms with Crippen LogP contribution in [0.3, 0.4) is 0 Å². The molecule has 0 spiro atoms. The molecule has 16 heteroatoms. The fourth-order valence-electron chi connectivity index (χ4n) is 8.80. The highest BCUT2D eigenvalue weighted by molar-refractivity contribution is 5.90. The maximum atomic E-state index is 12.8. The first-order chi connectivity index (χ1) is 31.2. The van der Waals surface area contributed by atoms with Crippen molar-refractivity contribution in [2.45, 2.75) is 132 Å². The molecular weight excluding hydrogens is 853 g/mol. The standard InChI is InChI=1S/2C25H35NO7/c2*1-7-21-15(2)8-13-22(33-25(28)19-9-11-20(12-10-19)26(29)30)16(3)14-17(4)23(31-6)18(5)24(27)32-21/h2*8-13,15-18,21-23H,7,14H2,1-6H3/b2*13-8+/t2*15-,16-,17+,18-,21+,22+,23+/m11/s1. The van der Waals surface area contributed by atoms with Gasteiger partial charge in [0.15, 0.2) is 0 Å². The SMILES string of the molecule is CC[C@@H]1OC(=O)[C@H](C)[C@@H](OC)[C@@H](C)C[C@@H](C)[C@@H](OC(=O)c2ccc([N+](=O)[O-])cc2)/C=C/[C@H]1C.CC[C@@H]1OC(=O)[C@H](C)[C@@H](OC)[C@@H](C)C[C@@H](C)[C@@H](OC(=O)c2ccc([N+](=O)[O-])cc2)/C=C/[C@H]1C. The molecule has 2 heterocycles. The smallest absolute Gasteiger partial charge is 0.338 e. The number of ether oxygens (including phenoxy) is 6. The number of non-ortho nitro benzene ring substituents is 2. The Kier molecular flexibility index (Phi) is 21.6. The average Bonchev–Trinajstić information content (AvgIpc) is 3.29. The number of methoxy groups -OCH3 is 2. The van der Waals surface area contributed by atoms with Crippen molar-refractivity contribution < 1.29 is 57.4 Å². The van der Waals surface area contributed by atoms with Crippen molar-refractivity contribution in [1.82, 2.24) is 0 Å². The van der Waals surface area contributed by atoms with Crippen molar-refractivity contribution in [3.05, 3.63) is 104 Å². The fourth-order valence-corrected chi connectivity index (χ4v) is 8.80. The normalized spacial score (nSPS) is 32.1. The van der Waals surface area contributed by atoms with Crippen LogP contribution in [-0.4, -0.2) is 84.6 Å². The van der Waals surface area contributed by atoms with Gasteiger partial charge in [-0.25, -0.2) is 9.59 Å². The van der Waals surface area contributed by atoms with Crippen molar-refractivity contribution in [2.24, 2.45) is 47.3 Å². The summed E-state index contributed by atoms with van der Waals surface area (Å²) in [6.45, 7) is 19.5. The van der Waals surface area contributed by atoms with Gasteiger partial charge in [0.05, 0.1) is 45.0 Å². The monoisotopic (exact) mass is 922 g/mol. The van der Waals surface area contributed by atoms with Crippen LogP contribution in [0, 0.1) is 67.6 Å². The molecule has 2 aliphatic rings. The summed E-state index contributed by atoms with van der Waals surface area (Å²) in [4.78, 5) is 71.8. The molecule has 16 nitrogen and oxygen atoms in total. The number of nitrogens with zero attached hydrogens (tertiary/aromatic N) is 2. The summed E-state index contributed by atoms with van der Waals surface area (Å²) >= 11 is 0. The van der Waals surface area contributed by atoms with Gasteiger partial charge in [-0.3, -0.25) is 29.8 Å². The average molecular weight is 923 g/mol. The Morgan fingerprint density at radius 2 is 0.879 bits per heavy atom. The van der Waals surface area contributed by atoms with E-state index in [1.807, 2.05) is 93.5 Å². The lowest BCUT2D eigenvalue weighted by Crippen LogP contribution is -2.39. The van der Waals surface area contributed by atoms with E-state index < -0.39 is 45.8 Å². The largest absolute Gasteiger partial charge is 0.461 e. The number of nitro groups is 2. The molecule has 4 rings (SSSR count). The van der Waals surface area contributed by atoms with E-state index >= 15 is 0 Å². The lowest BCUT2D eigenvalue weighted by Gasteiger charge is -2.33. The van der Waals surface area contributed by atoms with Crippen LogP contribution in [0.2, 0.25) is 0 Å². The second-order valence-electron chi connectivity index (χ2n) is 18.0. The molecule has 2 aromatic rings. The molecule has 0 saturated carbocycles. The number of hydrogen-bond acceptors (Lipinski definition) is 14. The second-order valence-corrected chi connectivity index (χ2v) is 18.0. The summed E-state index contributed by atoms with van der Waals surface area (Å²) in [5.74, 6) is -2.71. The lowest BCUT2D eigenvalue weighted by molar-refractivity contribution is -0.385. The molecule has 2 aliphatic heterocycles. The van der Waals surface area contributed by atoms with Crippen molar-refractivity contribution in [2.75, 3.05) is 14.2 Å². The van der Waals surface area contributed by atoms with Gasteiger partial charge in [-0.15, -0.1) is 0 Å². The molecule has 0 saturated heterocycles. The third kappa shape index (κ3) is 15.3. The van der Waals surface area contributed by atoms with Crippen LogP contribution >= 0.6 is 0 Å². The molecule has 0 fully saturated rings. The van der Waals surface area contributed by atoms with Crippen LogP contribution in [0.25, 0.3) is 0 Å². The highest BCUT2D eigenvalue weighted by Crippen LogP contribution is 2.32. The fraction of sp³-hybridized carbons (Fsp3) is 0.600. The van der Waals surface area contributed by atoms with Crippen LogP contribution in [0.1, 0.15) is 116 Å². The Labute approximate surface area is 389 Å². The van der Waals surface area contributed by atoms with Crippen LogP contribution in [0.4, 0.5) is 11.4 Å².